The van der Waals surface area contributed by atoms with E-state index in [0.29, 0.717) is 33.3 Å². The van der Waals surface area contributed by atoms with Crippen LogP contribution >= 0.6 is 11.8 Å². The van der Waals surface area contributed by atoms with Crippen LogP contribution in [0.5, 0.6) is 11.5 Å². The lowest BCUT2D eigenvalue weighted by Crippen LogP contribution is -2.46. The van der Waals surface area contributed by atoms with Gasteiger partial charge in [0.25, 0.3) is 0 Å². The molecule has 0 bridgehead atoms. The minimum atomic E-state index is -0.766. The average Bonchev–Trinajstić information content (AvgIpc) is 3.30. The molecule has 2 N–H and O–H groups in total. The zero-order chi connectivity index (χ0) is 24.9. The van der Waals surface area contributed by atoms with E-state index in [-0.39, 0.29) is 31.3 Å². The van der Waals surface area contributed by atoms with Crippen LogP contribution in [0.25, 0.3) is 0 Å². The second-order valence-corrected chi connectivity index (χ2v) is 8.66. The number of nitriles is 1. The Labute approximate surface area is 206 Å². The molecule has 35 heavy (non-hydrogen) atoms. The molecule has 3 heterocycles. The van der Waals surface area contributed by atoms with E-state index in [1.807, 2.05) is 6.92 Å². The van der Waals surface area contributed by atoms with Gasteiger partial charge in [-0.3, -0.25) is 0 Å². The van der Waals surface area contributed by atoms with E-state index >= 15 is 0 Å². The van der Waals surface area contributed by atoms with Crippen molar-refractivity contribution in [2.24, 2.45) is 0 Å². The number of urea groups is 1. The lowest BCUT2D eigenvalue weighted by molar-refractivity contribution is -0.139. The number of thioether (sulfide) groups is 1. The van der Waals surface area contributed by atoms with Gasteiger partial charge >= 0.3 is 12.0 Å². The Bertz CT molecular complexity index is 1240. The zero-order valence-corrected chi connectivity index (χ0v) is 20.3. The first-order valence-corrected chi connectivity index (χ1v) is 11.8. The molecule has 1 aromatic heterocycles. The van der Waals surface area contributed by atoms with Crippen LogP contribution in [-0.4, -0.2) is 43.2 Å². The Balaban J connectivity index is 1.72. The van der Waals surface area contributed by atoms with Gasteiger partial charge in [0.1, 0.15) is 11.1 Å². The van der Waals surface area contributed by atoms with Crippen molar-refractivity contribution in [2.45, 2.75) is 31.5 Å². The largest absolute Gasteiger partial charge is 0.463 e. The molecule has 1 atom stereocenters. The standard InChI is InChI=1S/C24H24N4O6S/c1-4-32-23(29)20-17(11-35-22-16(9-25)15(10-31-3)7-13(2)26-22)27-24(30)28-21(20)14-5-6-18-19(8-14)34-12-33-18/h5-8,21H,4,10-12H2,1-3H3,(H2,27,28,30). The number of aromatic nitrogens is 1. The summed E-state index contributed by atoms with van der Waals surface area (Å²) in [6.07, 6.45) is 0. The summed E-state index contributed by atoms with van der Waals surface area (Å²) >= 11 is 1.25. The summed E-state index contributed by atoms with van der Waals surface area (Å²) in [5, 5.41) is 15.8. The average molecular weight is 497 g/mol. The van der Waals surface area contributed by atoms with Gasteiger partial charge in [0.15, 0.2) is 11.5 Å². The number of nitrogens with zero attached hydrogens (tertiary/aromatic N) is 2. The molecule has 0 spiro atoms. The third-order valence-electron chi connectivity index (χ3n) is 5.34. The molecule has 4 rings (SSSR count). The summed E-state index contributed by atoms with van der Waals surface area (Å²) in [5.74, 6) is 0.742. The highest BCUT2D eigenvalue weighted by molar-refractivity contribution is 7.99. The highest BCUT2D eigenvalue weighted by atomic mass is 32.2. The normalized spacial score (nSPS) is 16.4. The Morgan fingerprint density at radius 3 is 2.86 bits per heavy atom. The molecule has 11 heteroatoms. The molecular weight excluding hydrogens is 472 g/mol. The van der Waals surface area contributed by atoms with Crippen LogP contribution in [-0.2, 0) is 20.9 Å². The van der Waals surface area contributed by atoms with Crippen LogP contribution in [0.2, 0.25) is 0 Å². The maximum absolute atomic E-state index is 13.0. The minimum absolute atomic E-state index is 0.107. The van der Waals surface area contributed by atoms with Gasteiger partial charge in [-0.05, 0) is 43.2 Å². The number of amides is 2. The number of aryl methyl sites for hydroxylation is 1. The second kappa shape index (κ2) is 10.7. The number of rotatable bonds is 8. The summed E-state index contributed by atoms with van der Waals surface area (Å²) in [6, 6.07) is 7.99. The number of hydrogen-bond acceptors (Lipinski definition) is 9. The third-order valence-corrected chi connectivity index (χ3v) is 6.34. The second-order valence-electron chi connectivity index (χ2n) is 7.69. The van der Waals surface area contributed by atoms with Crippen LogP contribution in [0.1, 0.15) is 35.3 Å². The van der Waals surface area contributed by atoms with E-state index in [1.54, 1.807) is 38.3 Å². The molecule has 182 valence electrons. The first-order valence-electron chi connectivity index (χ1n) is 10.8. The molecule has 0 aliphatic carbocycles. The molecule has 0 radical (unpaired) electrons. The van der Waals surface area contributed by atoms with E-state index in [9.17, 15) is 14.9 Å². The zero-order valence-electron chi connectivity index (χ0n) is 19.5. The Morgan fingerprint density at radius 1 is 1.31 bits per heavy atom. The number of hydrogen-bond donors (Lipinski definition) is 2. The Hall–Kier alpha value is -3.75. The fourth-order valence-electron chi connectivity index (χ4n) is 3.87. The third kappa shape index (κ3) is 5.18. The van der Waals surface area contributed by atoms with Crippen LogP contribution in [0.15, 0.2) is 40.6 Å². The van der Waals surface area contributed by atoms with E-state index in [0.717, 1.165) is 11.3 Å². The highest BCUT2D eigenvalue weighted by Crippen LogP contribution is 2.38. The number of nitrogens with one attached hydrogen (secondary N) is 2. The van der Waals surface area contributed by atoms with Gasteiger partial charge in [-0.25, -0.2) is 14.6 Å². The lowest BCUT2D eigenvalue weighted by Gasteiger charge is -2.29. The predicted molar refractivity (Wildman–Crippen MR) is 126 cm³/mol. The van der Waals surface area contributed by atoms with Gasteiger partial charge in [0, 0.05) is 24.3 Å². The molecule has 0 fully saturated rings. The smallest absolute Gasteiger partial charge is 0.338 e. The summed E-state index contributed by atoms with van der Waals surface area (Å²) in [7, 11) is 1.56. The quantitative estimate of drug-likeness (QED) is 0.418. The van der Waals surface area contributed by atoms with Crippen molar-refractivity contribution in [3.05, 3.63) is 57.9 Å². The SMILES string of the molecule is CCOC(=O)C1=C(CSc2nc(C)cc(COC)c2C#N)NC(=O)NC1c1ccc2c(c1)OCO2. The fraction of sp³-hybridized carbons (Fsp3) is 0.333. The summed E-state index contributed by atoms with van der Waals surface area (Å²) in [6.45, 7) is 4.09. The predicted octanol–water partition coefficient (Wildman–Crippen LogP) is 3.10. The Morgan fingerprint density at radius 2 is 2.11 bits per heavy atom. The monoisotopic (exact) mass is 496 g/mol. The van der Waals surface area contributed by atoms with E-state index in [1.165, 1.54) is 11.8 Å². The fourth-order valence-corrected chi connectivity index (χ4v) is 4.91. The maximum Gasteiger partial charge on any atom is 0.338 e. The number of benzene rings is 1. The topological polar surface area (TPSA) is 132 Å². The van der Waals surface area contributed by atoms with Gasteiger partial charge < -0.3 is 29.6 Å². The molecule has 1 aromatic carbocycles. The van der Waals surface area contributed by atoms with Gasteiger partial charge in [0.2, 0.25) is 6.79 Å². The maximum atomic E-state index is 13.0. The van der Waals surface area contributed by atoms with Crippen LogP contribution in [0.3, 0.4) is 0 Å². The number of ether oxygens (including phenoxy) is 4. The van der Waals surface area contributed by atoms with Crippen LogP contribution in [0.4, 0.5) is 4.79 Å². The lowest BCUT2D eigenvalue weighted by atomic mass is 9.95. The number of carbonyl (C=O) groups excluding carboxylic acids is 2. The molecular formula is C24H24N4O6S. The number of esters is 1. The van der Waals surface area contributed by atoms with Gasteiger partial charge in [-0.15, -0.1) is 0 Å². The van der Waals surface area contributed by atoms with Crippen LogP contribution in [0, 0.1) is 18.3 Å². The van der Waals surface area contributed by atoms with Crippen molar-refractivity contribution in [3.8, 4) is 17.6 Å². The summed E-state index contributed by atoms with van der Waals surface area (Å²) in [5.41, 5.74) is 3.13. The van der Waals surface area contributed by atoms with Crippen molar-refractivity contribution >= 4 is 23.8 Å². The van der Waals surface area contributed by atoms with Crippen molar-refractivity contribution in [3.63, 3.8) is 0 Å². The molecule has 2 aromatic rings. The summed E-state index contributed by atoms with van der Waals surface area (Å²) in [4.78, 5) is 30.1. The molecule has 2 aliphatic rings. The van der Waals surface area contributed by atoms with Gasteiger partial charge in [0.05, 0.1) is 30.4 Å². The van der Waals surface area contributed by atoms with E-state index < -0.39 is 18.0 Å². The van der Waals surface area contributed by atoms with E-state index in [4.69, 9.17) is 18.9 Å². The number of carbonyl (C=O) groups is 2. The number of fused-ring (bicyclic) bond motifs is 1. The molecule has 2 aliphatic heterocycles. The van der Waals surface area contributed by atoms with E-state index in [2.05, 4.69) is 21.7 Å². The molecule has 0 saturated carbocycles. The first-order chi connectivity index (χ1) is 16.9. The number of pyridine rings is 1. The van der Waals surface area contributed by atoms with Crippen molar-refractivity contribution in [1.82, 2.24) is 15.6 Å². The Kier molecular flexibility index (Phi) is 7.43. The number of methoxy groups -OCH3 is 1. The molecule has 10 nitrogen and oxygen atoms in total. The molecule has 0 saturated heterocycles. The van der Waals surface area contributed by atoms with Crippen molar-refractivity contribution < 1.29 is 28.5 Å². The van der Waals surface area contributed by atoms with Crippen molar-refractivity contribution in [2.75, 3.05) is 26.3 Å². The molecule has 2 amide bonds. The molecule has 1 unspecified atom stereocenters. The highest BCUT2D eigenvalue weighted by Gasteiger charge is 2.34. The van der Waals surface area contributed by atoms with Crippen molar-refractivity contribution in [1.29, 1.82) is 5.26 Å². The van der Waals surface area contributed by atoms with Crippen LogP contribution < -0.4 is 20.1 Å². The van der Waals surface area contributed by atoms with Gasteiger partial charge in [-0.2, -0.15) is 5.26 Å². The minimum Gasteiger partial charge on any atom is -0.463 e. The first kappa shape index (κ1) is 24.4. The van der Waals surface area contributed by atoms with Gasteiger partial charge in [-0.1, -0.05) is 17.8 Å². The summed E-state index contributed by atoms with van der Waals surface area (Å²) < 4.78 is 21.4.